The van der Waals surface area contributed by atoms with Crippen LogP contribution >= 0.6 is 11.8 Å². The van der Waals surface area contributed by atoms with E-state index in [4.69, 9.17) is 4.74 Å². The van der Waals surface area contributed by atoms with Crippen molar-refractivity contribution >= 4 is 23.6 Å². The average Bonchev–Trinajstić information content (AvgIpc) is 3.23. The molecule has 2 amide bonds. The number of thioether (sulfide) groups is 1. The molecule has 33 heavy (non-hydrogen) atoms. The number of benzene rings is 3. The lowest BCUT2D eigenvalue weighted by Crippen LogP contribution is -2.28. The molecule has 0 unspecified atom stereocenters. The molecule has 1 saturated heterocycles. The Hall–Kier alpha value is -3.25. The minimum absolute atomic E-state index is 0.0440. The first kappa shape index (κ1) is 22.9. The van der Waals surface area contributed by atoms with Crippen LogP contribution < -0.4 is 10.1 Å². The molecular weight excluding hydrogens is 432 g/mol. The Balaban J connectivity index is 1.44. The number of methoxy groups -OCH3 is 1. The summed E-state index contributed by atoms with van der Waals surface area (Å²) < 4.78 is 5.22. The molecule has 2 atom stereocenters. The van der Waals surface area contributed by atoms with E-state index >= 15 is 0 Å². The van der Waals surface area contributed by atoms with Crippen molar-refractivity contribution in [3.8, 4) is 5.75 Å². The van der Waals surface area contributed by atoms with Crippen LogP contribution in [-0.4, -0.2) is 29.6 Å². The molecule has 1 heterocycles. The number of carbonyl (C=O) groups is 2. The summed E-state index contributed by atoms with van der Waals surface area (Å²) in [6.07, 6.45) is 0.783. The van der Waals surface area contributed by atoms with Gasteiger partial charge < -0.3 is 15.0 Å². The molecule has 1 aliphatic rings. The molecule has 3 aromatic carbocycles. The highest BCUT2D eigenvalue weighted by Gasteiger charge is 2.32. The van der Waals surface area contributed by atoms with E-state index in [2.05, 4.69) is 5.32 Å². The smallest absolute Gasteiger partial charge is 0.251 e. The number of carbonyl (C=O) groups excluding carboxylic acids is 2. The van der Waals surface area contributed by atoms with Crippen LogP contribution in [-0.2, 0) is 11.3 Å². The third-order valence-electron chi connectivity index (χ3n) is 5.85. The van der Waals surface area contributed by atoms with Gasteiger partial charge in [-0.2, -0.15) is 0 Å². The summed E-state index contributed by atoms with van der Waals surface area (Å²) in [6.45, 7) is 2.63. The predicted molar refractivity (Wildman–Crippen MR) is 132 cm³/mol. The number of nitrogens with one attached hydrogen (secondary N) is 1. The molecule has 1 fully saturated rings. The molecule has 0 radical (unpaired) electrons. The van der Waals surface area contributed by atoms with Crippen molar-refractivity contribution in [3.05, 3.63) is 101 Å². The van der Waals surface area contributed by atoms with Gasteiger partial charge in [-0.1, -0.05) is 61.5 Å². The Labute approximate surface area is 199 Å². The number of hydrogen-bond acceptors (Lipinski definition) is 4. The van der Waals surface area contributed by atoms with E-state index in [1.54, 1.807) is 18.9 Å². The van der Waals surface area contributed by atoms with Gasteiger partial charge in [0.05, 0.1) is 18.9 Å². The molecule has 5 nitrogen and oxygen atoms in total. The second kappa shape index (κ2) is 10.6. The number of ether oxygens (including phenoxy) is 1. The first-order chi connectivity index (χ1) is 16.1. The number of amides is 2. The summed E-state index contributed by atoms with van der Waals surface area (Å²) in [5, 5.41) is 3.08. The molecule has 4 rings (SSSR count). The zero-order valence-corrected chi connectivity index (χ0v) is 19.7. The first-order valence-corrected chi connectivity index (χ1v) is 12.1. The van der Waals surface area contributed by atoms with Gasteiger partial charge in [0.2, 0.25) is 5.91 Å². The average molecular weight is 461 g/mol. The lowest BCUT2D eigenvalue weighted by atomic mass is 10.0. The van der Waals surface area contributed by atoms with Crippen LogP contribution in [0.2, 0.25) is 0 Å². The van der Waals surface area contributed by atoms with Gasteiger partial charge in [-0.3, -0.25) is 9.59 Å². The molecule has 170 valence electrons. The maximum Gasteiger partial charge on any atom is 0.251 e. The van der Waals surface area contributed by atoms with Crippen molar-refractivity contribution in [3.63, 3.8) is 0 Å². The van der Waals surface area contributed by atoms with E-state index in [9.17, 15) is 9.59 Å². The molecule has 0 aromatic heterocycles. The zero-order chi connectivity index (χ0) is 23.2. The molecule has 0 saturated carbocycles. The lowest BCUT2D eigenvalue weighted by molar-refractivity contribution is -0.128. The largest absolute Gasteiger partial charge is 0.497 e. The van der Waals surface area contributed by atoms with Crippen LogP contribution in [0, 0.1) is 0 Å². The van der Waals surface area contributed by atoms with Crippen LogP contribution in [0.3, 0.4) is 0 Å². The third kappa shape index (κ3) is 5.40. The van der Waals surface area contributed by atoms with E-state index in [1.807, 2.05) is 90.7 Å². The van der Waals surface area contributed by atoms with E-state index in [0.717, 1.165) is 28.9 Å². The van der Waals surface area contributed by atoms with Gasteiger partial charge in [0, 0.05) is 12.1 Å². The molecule has 0 aliphatic carbocycles. The van der Waals surface area contributed by atoms with Gasteiger partial charge in [0.15, 0.2) is 0 Å². The van der Waals surface area contributed by atoms with Crippen LogP contribution in [0.5, 0.6) is 5.75 Å². The molecule has 3 aromatic rings. The Morgan fingerprint density at radius 2 is 1.76 bits per heavy atom. The number of nitrogens with zero attached hydrogens (tertiary/aromatic N) is 1. The predicted octanol–water partition coefficient (Wildman–Crippen LogP) is 5.35. The molecule has 1 N–H and O–H groups in total. The second-order valence-electron chi connectivity index (χ2n) is 8.00. The highest BCUT2D eigenvalue weighted by Crippen LogP contribution is 2.39. The van der Waals surface area contributed by atoms with E-state index in [0.29, 0.717) is 17.9 Å². The molecule has 0 spiro atoms. The topological polar surface area (TPSA) is 58.6 Å². The SMILES string of the molecule is CC[C@H](NC(=O)c1ccc([C@H]2SCC(=O)N2Cc2ccccc2)cc1)c1ccc(OC)cc1. The summed E-state index contributed by atoms with van der Waals surface area (Å²) in [6, 6.07) is 25.3. The Bertz CT molecular complexity index is 1080. The number of hydrogen-bond donors (Lipinski definition) is 1. The highest BCUT2D eigenvalue weighted by atomic mass is 32.2. The van der Waals surface area contributed by atoms with Crippen molar-refractivity contribution in [2.75, 3.05) is 12.9 Å². The van der Waals surface area contributed by atoms with E-state index < -0.39 is 0 Å². The van der Waals surface area contributed by atoms with Gasteiger partial charge in [0.1, 0.15) is 11.1 Å². The normalized spacial score (nSPS) is 16.5. The first-order valence-electron chi connectivity index (χ1n) is 11.1. The molecule has 6 heteroatoms. The molecular formula is C27H28N2O3S. The lowest BCUT2D eigenvalue weighted by Gasteiger charge is -2.24. The maximum atomic E-state index is 12.9. The molecule has 1 aliphatic heterocycles. The third-order valence-corrected chi connectivity index (χ3v) is 7.11. The summed E-state index contributed by atoms with van der Waals surface area (Å²) in [5.74, 6) is 1.29. The van der Waals surface area contributed by atoms with Gasteiger partial charge in [-0.25, -0.2) is 0 Å². The van der Waals surface area contributed by atoms with E-state index in [1.165, 1.54) is 0 Å². The van der Waals surface area contributed by atoms with Gasteiger partial charge in [-0.05, 0) is 47.4 Å². The second-order valence-corrected chi connectivity index (χ2v) is 9.07. The summed E-state index contributed by atoms with van der Waals surface area (Å²) in [5.41, 5.74) is 3.79. The van der Waals surface area contributed by atoms with Crippen LogP contribution in [0.25, 0.3) is 0 Å². The van der Waals surface area contributed by atoms with E-state index in [-0.39, 0.29) is 23.2 Å². The molecule has 0 bridgehead atoms. The summed E-state index contributed by atoms with van der Waals surface area (Å²) in [7, 11) is 1.64. The summed E-state index contributed by atoms with van der Waals surface area (Å²) in [4.78, 5) is 27.3. The monoisotopic (exact) mass is 460 g/mol. The quantitative estimate of drug-likeness (QED) is 0.492. The zero-order valence-electron chi connectivity index (χ0n) is 18.9. The van der Waals surface area contributed by atoms with Crippen molar-refractivity contribution in [1.82, 2.24) is 10.2 Å². The van der Waals surface area contributed by atoms with Crippen molar-refractivity contribution < 1.29 is 14.3 Å². The Kier molecular flexibility index (Phi) is 7.35. The summed E-state index contributed by atoms with van der Waals surface area (Å²) >= 11 is 1.63. The Morgan fingerprint density at radius 3 is 2.39 bits per heavy atom. The fraction of sp³-hybridized carbons (Fsp3) is 0.259. The van der Waals surface area contributed by atoms with Crippen LogP contribution in [0.1, 0.15) is 51.8 Å². The minimum atomic E-state index is -0.111. The van der Waals surface area contributed by atoms with Crippen LogP contribution in [0.15, 0.2) is 78.9 Å². The fourth-order valence-electron chi connectivity index (χ4n) is 3.98. The number of rotatable bonds is 8. The maximum absolute atomic E-state index is 12.9. The fourth-order valence-corrected chi connectivity index (χ4v) is 5.17. The van der Waals surface area contributed by atoms with Gasteiger partial charge in [0.25, 0.3) is 5.91 Å². The van der Waals surface area contributed by atoms with Crippen molar-refractivity contribution in [2.24, 2.45) is 0 Å². The standard InChI is InChI=1S/C27H28N2O3S/c1-3-24(20-13-15-23(32-2)16-14-20)28-26(31)21-9-11-22(12-10-21)27-29(25(30)18-33-27)17-19-7-5-4-6-8-19/h4-16,24,27H,3,17-18H2,1-2H3,(H,28,31)/t24-,27+/m0/s1. The van der Waals surface area contributed by atoms with Gasteiger partial charge >= 0.3 is 0 Å². The van der Waals surface area contributed by atoms with Crippen LogP contribution in [0.4, 0.5) is 0 Å². The van der Waals surface area contributed by atoms with Crippen molar-refractivity contribution in [2.45, 2.75) is 31.3 Å². The highest BCUT2D eigenvalue weighted by molar-refractivity contribution is 8.00. The van der Waals surface area contributed by atoms with Crippen molar-refractivity contribution in [1.29, 1.82) is 0 Å². The van der Waals surface area contributed by atoms with Gasteiger partial charge in [-0.15, -0.1) is 11.8 Å². The minimum Gasteiger partial charge on any atom is -0.497 e. The Morgan fingerprint density at radius 1 is 1.06 bits per heavy atom.